The highest BCUT2D eigenvalue weighted by atomic mass is 35.5. The molecule has 0 aliphatic heterocycles. The van der Waals surface area contributed by atoms with Crippen molar-refractivity contribution in [3.63, 3.8) is 0 Å². The lowest BCUT2D eigenvalue weighted by atomic mass is 9.95. The smallest absolute Gasteiger partial charge is 0.254 e. The molecule has 1 aromatic rings. The Morgan fingerprint density at radius 3 is 2.75 bits per heavy atom. The SMILES string of the molecule is CCC(C)(CCCl)NC(=O)c1coc(C)c1. The molecule has 1 amide bonds. The van der Waals surface area contributed by atoms with Crippen LogP contribution in [0.4, 0.5) is 0 Å². The summed E-state index contributed by atoms with van der Waals surface area (Å²) in [6.45, 7) is 5.85. The summed E-state index contributed by atoms with van der Waals surface area (Å²) in [5.74, 6) is 1.17. The van der Waals surface area contributed by atoms with Gasteiger partial charge in [0.05, 0.1) is 5.56 Å². The van der Waals surface area contributed by atoms with Crippen LogP contribution < -0.4 is 5.32 Å². The van der Waals surface area contributed by atoms with Gasteiger partial charge in [-0.15, -0.1) is 11.6 Å². The number of rotatable bonds is 5. The number of carbonyl (C=O) groups excluding carboxylic acids is 1. The summed E-state index contributed by atoms with van der Waals surface area (Å²) in [6, 6.07) is 1.73. The van der Waals surface area contributed by atoms with Crippen molar-refractivity contribution in [2.24, 2.45) is 0 Å². The average Bonchev–Trinajstić information content (AvgIpc) is 2.65. The van der Waals surface area contributed by atoms with E-state index in [2.05, 4.69) is 5.32 Å². The summed E-state index contributed by atoms with van der Waals surface area (Å²) >= 11 is 5.73. The normalized spacial score (nSPS) is 14.5. The van der Waals surface area contributed by atoms with Crippen molar-refractivity contribution in [2.45, 2.75) is 39.2 Å². The molecule has 0 radical (unpaired) electrons. The number of nitrogens with one attached hydrogen (secondary N) is 1. The molecule has 3 nitrogen and oxygen atoms in total. The van der Waals surface area contributed by atoms with Gasteiger partial charge in [-0.05, 0) is 32.8 Å². The molecule has 0 bridgehead atoms. The van der Waals surface area contributed by atoms with Crippen LogP contribution in [0.3, 0.4) is 0 Å². The third-order valence-corrected chi connectivity index (χ3v) is 3.02. The van der Waals surface area contributed by atoms with Crippen molar-refractivity contribution in [3.8, 4) is 0 Å². The van der Waals surface area contributed by atoms with Crippen LogP contribution in [-0.4, -0.2) is 17.3 Å². The van der Waals surface area contributed by atoms with Gasteiger partial charge < -0.3 is 9.73 Å². The largest absolute Gasteiger partial charge is 0.469 e. The standard InChI is InChI=1S/C12H18ClNO2/c1-4-12(3,5-6-13)14-11(15)10-7-9(2)16-8-10/h7-8H,4-6H2,1-3H3,(H,14,15). The van der Waals surface area contributed by atoms with Crippen LogP contribution in [0.1, 0.15) is 42.8 Å². The van der Waals surface area contributed by atoms with Crippen molar-refractivity contribution in [3.05, 3.63) is 23.7 Å². The third kappa shape index (κ3) is 3.27. The molecule has 0 saturated carbocycles. The Morgan fingerprint density at radius 1 is 1.62 bits per heavy atom. The zero-order valence-electron chi connectivity index (χ0n) is 9.97. The summed E-state index contributed by atoms with van der Waals surface area (Å²) in [7, 11) is 0. The number of aryl methyl sites for hydroxylation is 1. The molecule has 1 rings (SSSR count). The average molecular weight is 244 g/mol. The highest BCUT2D eigenvalue weighted by Gasteiger charge is 2.24. The molecule has 0 saturated heterocycles. The Kier molecular flexibility index (Phi) is 4.42. The molecule has 90 valence electrons. The topological polar surface area (TPSA) is 42.2 Å². The first kappa shape index (κ1) is 13.1. The van der Waals surface area contributed by atoms with E-state index >= 15 is 0 Å². The maximum Gasteiger partial charge on any atom is 0.254 e. The molecule has 1 heterocycles. The van der Waals surface area contributed by atoms with Gasteiger partial charge in [-0.3, -0.25) is 4.79 Å². The third-order valence-electron chi connectivity index (χ3n) is 2.83. The predicted molar refractivity (Wildman–Crippen MR) is 64.9 cm³/mol. The lowest BCUT2D eigenvalue weighted by Gasteiger charge is -2.28. The molecule has 0 aromatic carbocycles. The highest BCUT2D eigenvalue weighted by Crippen LogP contribution is 2.17. The zero-order valence-corrected chi connectivity index (χ0v) is 10.7. The van der Waals surface area contributed by atoms with Crippen molar-refractivity contribution in [1.29, 1.82) is 0 Å². The number of amides is 1. The van der Waals surface area contributed by atoms with Gasteiger partial charge in [0.25, 0.3) is 5.91 Å². The Bertz CT molecular complexity index is 362. The molecule has 1 atom stereocenters. The summed E-state index contributed by atoms with van der Waals surface area (Å²) < 4.78 is 5.11. The first-order valence-corrected chi connectivity index (χ1v) is 5.98. The molecule has 0 spiro atoms. The number of hydrogen-bond donors (Lipinski definition) is 1. The second-order valence-electron chi connectivity index (χ2n) is 4.25. The molecular weight excluding hydrogens is 226 g/mol. The Labute approximate surface area is 101 Å². The van der Waals surface area contributed by atoms with Crippen LogP contribution in [0.5, 0.6) is 0 Å². The molecule has 4 heteroatoms. The summed E-state index contributed by atoms with van der Waals surface area (Å²) in [6.07, 6.45) is 3.08. The number of alkyl halides is 1. The summed E-state index contributed by atoms with van der Waals surface area (Å²) in [5, 5.41) is 2.99. The van der Waals surface area contributed by atoms with E-state index in [-0.39, 0.29) is 11.4 Å². The van der Waals surface area contributed by atoms with Gasteiger partial charge in [0, 0.05) is 11.4 Å². The van der Waals surface area contributed by atoms with E-state index in [1.54, 1.807) is 6.07 Å². The van der Waals surface area contributed by atoms with Crippen molar-refractivity contribution in [2.75, 3.05) is 5.88 Å². The quantitative estimate of drug-likeness (QED) is 0.808. The monoisotopic (exact) mass is 243 g/mol. The van der Waals surface area contributed by atoms with E-state index < -0.39 is 0 Å². The van der Waals surface area contributed by atoms with E-state index in [4.69, 9.17) is 16.0 Å². The number of carbonyl (C=O) groups is 1. The minimum atomic E-state index is -0.246. The molecule has 16 heavy (non-hydrogen) atoms. The first-order valence-electron chi connectivity index (χ1n) is 5.44. The van der Waals surface area contributed by atoms with E-state index in [0.717, 1.165) is 18.6 Å². The van der Waals surface area contributed by atoms with Gasteiger partial charge in [-0.1, -0.05) is 6.92 Å². The summed E-state index contributed by atoms with van der Waals surface area (Å²) in [5.41, 5.74) is 0.316. The Hall–Kier alpha value is -0.960. The van der Waals surface area contributed by atoms with Gasteiger partial charge in [0.2, 0.25) is 0 Å². The molecule has 0 aliphatic carbocycles. The van der Waals surface area contributed by atoms with Crippen LogP contribution in [0.15, 0.2) is 16.7 Å². The fourth-order valence-electron chi connectivity index (χ4n) is 1.44. The summed E-state index contributed by atoms with van der Waals surface area (Å²) in [4.78, 5) is 11.9. The molecule has 1 aromatic heterocycles. The minimum Gasteiger partial charge on any atom is -0.469 e. The maximum atomic E-state index is 11.9. The number of halogens is 1. The second kappa shape index (κ2) is 5.39. The fraction of sp³-hybridized carbons (Fsp3) is 0.583. The van der Waals surface area contributed by atoms with Crippen LogP contribution in [0, 0.1) is 6.92 Å². The van der Waals surface area contributed by atoms with E-state index in [0.29, 0.717) is 11.4 Å². The Morgan fingerprint density at radius 2 is 2.31 bits per heavy atom. The van der Waals surface area contributed by atoms with E-state index in [1.165, 1.54) is 6.26 Å². The van der Waals surface area contributed by atoms with Gasteiger partial charge in [-0.25, -0.2) is 0 Å². The van der Waals surface area contributed by atoms with Crippen molar-refractivity contribution >= 4 is 17.5 Å². The van der Waals surface area contributed by atoms with Crippen LogP contribution in [0.25, 0.3) is 0 Å². The molecular formula is C12H18ClNO2. The minimum absolute atomic E-state index is 0.105. The molecule has 1 N–H and O–H groups in total. The van der Waals surface area contributed by atoms with Gasteiger partial charge in [0.1, 0.15) is 12.0 Å². The van der Waals surface area contributed by atoms with Gasteiger partial charge in [0.15, 0.2) is 0 Å². The first-order chi connectivity index (χ1) is 7.50. The van der Waals surface area contributed by atoms with Gasteiger partial charge in [-0.2, -0.15) is 0 Å². The zero-order chi connectivity index (χ0) is 12.2. The molecule has 0 fully saturated rings. The van der Waals surface area contributed by atoms with E-state index in [1.807, 2.05) is 20.8 Å². The lowest BCUT2D eigenvalue weighted by Crippen LogP contribution is -2.45. The van der Waals surface area contributed by atoms with Crippen molar-refractivity contribution in [1.82, 2.24) is 5.32 Å². The molecule has 1 unspecified atom stereocenters. The van der Waals surface area contributed by atoms with Crippen LogP contribution in [-0.2, 0) is 0 Å². The van der Waals surface area contributed by atoms with Crippen molar-refractivity contribution < 1.29 is 9.21 Å². The highest BCUT2D eigenvalue weighted by molar-refractivity contribution is 6.17. The second-order valence-corrected chi connectivity index (χ2v) is 4.63. The number of furan rings is 1. The van der Waals surface area contributed by atoms with Crippen LogP contribution >= 0.6 is 11.6 Å². The molecule has 0 aliphatic rings. The van der Waals surface area contributed by atoms with Crippen LogP contribution in [0.2, 0.25) is 0 Å². The Balaban J connectivity index is 2.69. The van der Waals surface area contributed by atoms with E-state index in [9.17, 15) is 4.79 Å². The fourth-order valence-corrected chi connectivity index (χ4v) is 1.86. The maximum absolute atomic E-state index is 11.9. The van der Waals surface area contributed by atoms with Gasteiger partial charge >= 0.3 is 0 Å². The lowest BCUT2D eigenvalue weighted by molar-refractivity contribution is 0.0901. The number of hydrogen-bond acceptors (Lipinski definition) is 2. The predicted octanol–water partition coefficient (Wildman–Crippen LogP) is 3.12.